The molecule has 0 unspecified atom stereocenters. The van der Waals surface area contributed by atoms with Crippen molar-refractivity contribution in [2.24, 2.45) is 0 Å². The molecular formula is C15H16N4O6. The van der Waals surface area contributed by atoms with E-state index in [1.807, 2.05) is 0 Å². The van der Waals surface area contributed by atoms with Crippen LogP contribution in [0.1, 0.15) is 12.8 Å². The standard InChI is InChI=1S/C15H16N4O6/c1-25-13-5-4-11(19(23)24)7-12(13)18-9-10(8-16)15(22)17-6-2-3-14(20)21/h4-5,7,9,18H,2-3,6H2,1H3,(H,17,22)(H,20,21)/b10-9-. The van der Waals surface area contributed by atoms with E-state index in [1.54, 1.807) is 6.07 Å². The molecule has 1 amide bonds. The number of anilines is 1. The summed E-state index contributed by atoms with van der Waals surface area (Å²) in [5.74, 6) is -1.38. The predicted octanol–water partition coefficient (Wildman–Crippen LogP) is 1.40. The zero-order valence-corrected chi connectivity index (χ0v) is 13.3. The van der Waals surface area contributed by atoms with Crippen LogP contribution in [0.2, 0.25) is 0 Å². The molecule has 0 aliphatic heterocycles. The Balaban J connectivity index is 2.81. The summed E-state index contributed by atoms with van der Waals surface area (Å²) >= 11 is 0. The number of aliphatic carboxylic acids is 1. The fourth-order valence-corrected chi connectivity index (χ4v) is 1.76. The minimum Gasteiger partial charge on any atom is -0.495 e. The van der Waals surface area contributed by atoms with Crippen molar-refractivity contribution in [3.8, 4) is 11.8 Å². The molecule has 0 atom stereocenters. The third kappa shape index (κ3) is 6.19. The van der Waals surface area contributed by atoms with Gasteiger partial charge in [-0.15, -0.1) is 0 Å². The first-order valence-electron chi connectivity index (χ1n) is 7.08. The number of ether oxygens (including phenoxy) is 1. The second-order valence-corrected chi connectivity index (χ2v) is 4.71. The molecule has 0 bridgehead atoms. The molecule has 1 aromatic carbocycles. The fraction of sp³-hybridized carbons (Fsp3) is 0.267. The van der Waals surface area contributed by atoms with Crippen molar-refractivity contribution in [2.75, 3.05) is 19.0 Å². The fourth-order valence-electron chi connectivity index (χ4n) is 1.76. The number of carboxylic acids is 1. The van der Waals surface area contributed by atoms with Crippen LogP contribution in [-0.2, 0) is 9.59 Å². The number of carbonyl (C=O) groups is 2. The van der Waals surface area contributed by atoms with Crippen LogP contribution >= 0.6 is 0 Å². The average Bonchev–Trinajstić information content (AvgIpc) is 2.58. The summed E-state index contributed by atoms with van der Waals surface area (Å²) in [4.78, 5) is 32.4. The number of carboxylic acid groups (broad SMARTS) is 1. The van der Waals surface area contributed by atoms with Gasteiger partial charge in [0.1, 0.15) is 17.4 Å². The molecule has 0 spiro atoms. The molecule has 3 N–H and O–H groups in total. The highest BCUT2D eigenvalue weighted by Gasteiger charge is 2.12. The lowest BCUT2D eigenvalue weighted by Crippen LogP contribution is -2.26. The van der Waals surface area contributed by atoms with Crippen LogP contribution in [0, 0.1) is 21.4 Å². The highest BCUT2D eigenvalue weighted by molar-refractivity contribution is 5.97. The second kappa shape index (κ2) is 9.51. The maximum absolute atomic E-state index is 11.8. The molecule has 0 saturated carbocycles. The minimum absolute atomic E-state index is 0.101. The number of nitriles is 1. The smallest absolute Gasteiger partial charge is 0.303 e. The minimum atomic E-state index is -0.982. The molecule has 1 rings (SSSR count). The molecule has 0 heterocycles. The number of carbonyl (C=O) groups excluding carboxylic acids is 1. The average molecular weight is 348 g/mol. The zero-order valence-electron chi connectivity index (χ0n) is 13.3. The van der Waals surface area contributed by atoms with Gasteiger partial charge in [0.2, 0.25) is 0 Å². The number of hydrogen-bond donors (Lipinski definition) is 3. The van der Waals surface area contributed by atoms with E-state index in [1.165, 1.54) is 25.3 Å². The topological polar surface area (TPSA) is 155 Å². The molecule has 10 heteroatoms. The number of methoxy groups -OCH3 is 1. The summed E-state index contributed by atoms with van der Waals surface area (Å²) in [6, 6.07) is 5.53. The summed E-state index contributed by atoms with van der Waals surface area (Å²) < 4.78 is 5.05. The molecule has 25 heavy (non-hydrogen) atoms. The number of nitro benzene ring substituents is 1. The Bertz CT molecular complexity index is 738. The third-order valence-corrected chi connectivity index (χ3v) is 2.98. The van der Waals surface area contributed by atoms with E-state index in [-0.39, 0.29) is 36.3 Å². The van der Waals surface area contributed by atoms with E-state index in [4.69, 9.17) is 15.1 Å². The van der Waals surface area contributed by atoms with Crippen LogP contribution in [0.15, 0.2) is 30.0 Å². The predicted molar refractivity (Wildman–Crippen MR) is 86.8 cm³/mol. The van der Waals surface area contributed by atoms with E-state index in [2.05, 4.69) is 10.6 Å². The lowest BCUT2D eigenvalue weighted by atomic mass is 10.2. The lowest BCUT2D eigenvalue weighted by Gasteiger charge is -2.08. The van der Waals surface area contributed by atoms with Crippen molar-refractivity contribution < 1.29 is 24.4 Å². The Kier molecular flexibility index (Phi) is 7.39. The Labute approximate surface area is 142 Å². The molecule has 10 nitrogen and oxygen atoms in total. The van der Waals surface area contributed by atoms with Gasteiger partial charge in [0.05, 0.1) is 17.7 Å². The van der Waals surface area contributed by atoms with Gasteiger partial charge in [0.25, 0.3) is 11.6 Å². The first-order valence-corrected chi connectivity index (χ1v) is 7.08. The monoisotopic (exact) mass is 348 g/mol. The summed E-state index contributed by atoms with van der Waals surface area (Å²) in [6.07, 6.45) is 1.22. The summed E-state index contributed by atoms with van der Waals surface area (Å²) in [6.45, 7) is 0.101. The van der Waals surface area contributed by atoms with Gasteiger partial charge in [-0.05, 0) is 12.5 Å². The van der Waals surface area contributed by atoms with Gasteiger partial charge < -0.3 is 20.5 Å². The van der Waals surface area contributed by atoms with Gasteiger partial charge >= 0.3 is 5.97 Å². The molecule has 1 aromatic rings. The van der Waals surface area contributed by atoms with E-state index in [0.29, 0.717) is 5.75 Å². The maximum Gasteiger partial charge on any atom is 0.303 e. The molecule has 0 aromatic heterocycles. The van der Waals surface area contributed by atoms with E-state index in [9.17, 15) is 19.7 Å². The number of hydrogen-bond acceptors (Lipinski definition) is 7. The molecule has 0 saturated heterocycles. The van der Waals surface area contributed by atoms with Crippen molar-refractivity contribution in [3.63, 3.8) is 0 Å². The van der Waals surface area contributed by atoms with Crippen LogP contribution < -0.4 is 15.4 Å². The van der Waals surface area contributed by atoms with Crippen LogP contribution in [0.25, 0.3) is 0 Å². The molecule has 0 aliphatic rings. The van der Waals surface area contributed by atoms with Crippen LogP contribution in [0.5, 0.6) is 5.75 Å². The molecule has 132 valence electrons. The van der Waals surface area contributed by atoms with Crippen molar-refractivity contribution in [1.29, 1.82) is 5.26 Å². The van der Waals surface area contributed by atoms with E-state index < -0.39 is 16.8 Å². The van der Waals surface area contributed by atoms with Gasteiger partial charge in [-0.1, -0.05) is 0 Å². The largest absolute Gasteiger partial charge is 0.495 e. The molecule has 0 radical (unpaired) electrons. The normalized spacial score (nSPS) is 10.5. The molecule has 0 fully saturated rings. The SMILES string of the molecule is COc1ccc([N+](=O)[O-])cc1N/C=C(/C#N)C(=O)NCCCC(=O)O. The van der Waals surface area contributed by atoms with E-state index in [0.717, 1.165) is 6.20 Å². The summed E-state index contributed by atoms with van der Waals surface area (Å²) in [7, 11) is 1.37. The highest BCUT2D eigenvalue weighted by atomic mass is 16.6. The molecular weight excluding hydrogens is 332 g/mol. The Morgan fingerprint density at radius 3 is 2.76 bits per heavy atom. The first-order chi connectivity index (χ1) is 11.9. The number of nitrogens with one attached hydrogen (secondary N) is 2. The van der Waals surface area contributed by atoms with Crippen molar-refractivity contribution >= 4 is 23.3 Å². The number of non-ortho nitro benzene ring substituents is 1. The number of nitro groups is 1. The maximum atomic E-state index is 11.8. The number of amides is 1. The number of rotatable bonds is 9. The van der Waals surface area contributed by atoms with Crippen molar-refractivity contribution in [3.05, 3.63) is 40.1 Å². The number of nitrogens with zero attached hydrogens (tertiary/aromatic N) is 2. The zero-order chi connectivity index (χ0) is 18.8. The van der Waals surface area contributed by atoms with E-state index >= 15 is 0 Å². The lowest BCUT2D eigenvalue weighted by molar-refractivity contribution is -0.384. The van der Waals surface area contributed by atoms with Gasteiger partial charge in [-0.3, -0.25) is 19.7 Å². The highest BCUT2D eigenvalue weighted by Crippen LogP contribution is 2.28. The van der Waals surface area contributed by atoms with Gasteiger partial charge in [-0.25, -0.2) is 0 Å². The third-order valence-electron chi connectivity index (χ3n) is 2.98. The van der Waals surface area contributed by atoms with Crippen molar-refractivity contribution in [1.82, 2.24) is 5.32 Å². The first kappa shape index (κ1) is 19.4. The van der Waals surface area contributed by atoms with Gasteiger partial charge in [0, 0.05) is 31.3 Å². The quantitative estimate of drug-likeness (QED) is 0.199. The molecule has 0 aliphatic carbocycles. The van der Waals surface area contributed by atoms with Gasteiger partial charge in [-0.2, -0.15) is 5.26 Å². The summed E-state index contributed by atoms with van der Waals surface area (Å²) in [5.41, 5.74) is -0.250. The Morgan fingerprint density at radius 2 is 2.20 bits per heavy atom. The van der Waals surface area contributed by atoms with Crippen LogP contribution in [0.4, 0.5) is 11.4 Å². The van der Waals surface area contributed by atoms with Crippen LogP contribution in [0.3, 0.4) is 0 Å². The van der Waals surface area contributed by atoms with Crippen LogP contribution in [-0.4, -0.2) is 35.6 Å². The second-order valence-electron chi connectivity index (χ2n) is 4.71. The summed E-state index contributed by atoms with van der Waals surface area (Å²) in [5, 5.41) is 33.4. The number of benzene rings is 1. The van der Waals surface area contributed by atoms with Crippen molar-refractivity contribution in [2.45, 2.75) is 12.8 Å². The van der Waals surface area contributed by atoms with Gasteiger partial charge in [0.15, 0.2) is 0 Å². The Hall–Kier alpha value is -3.61. The Morgan fingerprint density at radius 1 is 1.48 bits per heavy atom.